The molecule has 0 spiro atoms. The third-order valence-corrected chi connectivity index (χ3v) is 0.750. The van der Waals surface area contributed by atoms with E-state index in [4.69, 9.17) is 0 Å². The molecule has 0 aromatic carbocycles. The van der Waals surface area contributed by atoms with Gasteiger partial charge in [0.05, 0.1) is 13.7 Å². The van der Waals surface area contributed by atoms with Crippen molar-refractivity contribution in [3.8, 4) is 0 Å². The molecule has 0 radical (unpaired) electrons. The summed E-state index contributed by atoms with van der Waals surface area (Å²) in [4.78, 5) is 8.53. The molecule has 0 aliphatic carbocycles. The predicted octanol–water partition coefficient (Wildman–Crippen LogP) is -0.123. The van der Waals surface area contributed by atoms with Crippen molar-refractivity contribution in [1.82, 2.24) is 5.17 Å². The van der Waals surface area contributed by atoms with Gasteiger partial charge in [0, 0.05) is 6.21 Å². The summed E-state index contributed by atoms with van der Waals surface area (Å²) in [7, 11) is 1.54. The first-order valence-corrected chi connectivity index (χ1v) is 2.29. The Balaban J connectivity index is 2.42. The van der Waals surface area contributed by atoms with Gasteiger partial charge in [-0.25, -0.2) is 0 Å². The van der Waals surface area contributed by atoms with Gasteiger partial charge in [-0.15, -0.1) is 5.17 Å². The minimum absolute atomic E-state index is 0.653. The van der Waals surface area contributed by atoms with Crippen LogP contribution in [0.5, 0.6) is 0 Å². The Hall–Kier alpha value is -0.900. The summed E-state index contributed by atoms with van der Waals surface area (Å²) in [5.74, 6) is 0. The van der Waals surface area contributed by atoms with E-state index in [-0.39, 0.29) is 0 Å². The minimum Gasteiger partial charge on any atom is -0.266 e. The molecule has 0 amide bonds. The third-order valence-electron chi connectivity index (χ3n) is 0.750. The minimum atomic E-state index is 0.653. The van der Waals surface area contributed by atoms with E-state index in [1.807, 2.05) is 0 Å². The lowest BCUT2D eigenvalue weighted by molar-refractivity contribution is -0.0586. The van der Waals surface area contributed by atoms with Crippen molar-refractivity contribution >= 4 is 12.6 Å². The number of nitrogens with zero attached hydrogens (tertiary/aromatic N) is 3. The van der Waals surface area contributed by atoms with Gasteiger partial charge in [-0.2, -0.15) is 5.10 Å². The first-order valence-electron chi connectivity index (χ1n) is 2.29. The normalized spacial score (nSPS) is 17.4. The first-order chi connectivity index (χ1) is 3.93. The highest BCUT2D eigenvalue weighted by Crippen LogP contribution is 1.87. The monoisotopic (exact) mass is 113 g/mol. The first kappa shape index (κ1) is 5.24. The summed E-state index contributed by atoms with van der Waals surface area (Å²) in [6, 6.07) is 0. The summed E-state index contributed by atoms with van der Waals surface area (Å²) < 4.78 is 0. The molecule has 0 aromatic heterocycles. The van der Waals surface area contributed by atoms with Crippen LogP contribution in [0, 0.1) is 0 Å². The molecule has 8 heavy (non-hydrogen) atoms. The van der Waals surface area contributed by atoms with Crippen LogP contribution in [0.15, 0.2) is 10.1 Å². The predicted molar refractivity (Wildman–Crippen MR) is 30.7 cm³/mol. The van der Waals surface area contributed by atoms with Gasteiger partial charge in [0.25, 0.3) is 0 Å². The molecule has 1 heterocycles. The average molecular weight is 113 g/mol. The molecule has 0 saturated carbocycles. The second kappa shape index (κ2) is 2.42. The molecule has 0 fully saturated rings. The standard InChI is InChI=1S/C4H7N3O/c1-8-7-4-5-2-3-6-7/h3-4H,2H2,1H3. The Morgan fingerprint density at radius 1 is 1.75 bits per heavy atom. The van der Waals surface area contributed by atoms with E-state index < -0.39 is 0 Å². The molecule has 1 aliphatic rings. The van der Waals surface area contributed by atoms with Crippen molar-refractivity contribution in [3.05, 3.63) is 0 Å². The Labute approximate surface area is 47.4 Å². The molecule has 1 rings (SSSR count). The molecular formula is C4H7N3O. The molecule has 0 aromatic rings. The third kappa shape index (κ3) is 1.04. The van der Waals surface area contributed by atoms with Crippen LogP contribution in [0.4, 0.5) is 0 Å². The van der Waals surface area contributed by atoms with Gasteiger partial charge in [-0.3, -0.25) is 9.83 Å². The molecule has 4 nitrogen and oxygen atoms in total. The fraction of sp³-hybridized carbons (Fsp3) is 0.500. The van der Waals surface area contributed by atoms with E-state index in [0.29, 0.717) is 6.54 Å². The maximum absolute atomic E-state index is 4.68. The largest absolute Gasteiger partial charge is 0.266 e. The Bertz CT molecular complexity index is 108. The SMILES string of the molecule is CON1C=NCC=N1. The molecule has 4 heteroatoms. The van der Waals surface area contributed by atoms with E-state index in [9.17, 15) is 0 Å². The van der Waals surface area contributed by atoms with Crippen molar-refractivity contribution in [1.29, 1.82) is 0 Å². The van der Waals surface area contributed by atoms with Gasteiger partial charge >= 0.3 is 0 Å². The van der Waals surface area contributed by atoms with Gasteiger partial charge in [0.1, 0.15) is 6.34 Å². The highest BCUT2D eigenvalue weighted by atomic mass is 16.7. The molecular weight excluding hydrogens is 106 g/mol. The van der Waals surface area contributed by atoms with Crippen LogP contribution < -0.4 is 0 Å². The van der Waals surface area contributed by atoms with Crippen LogP contribution in [0.2, 0.25) is 0 Å². The van der Waals surface area contributed by atoms with Crippen LogP contribution in [0.1, 0.15) is 0 Å². The van der Waals surface area contributed by atoms with Crippen molar-refractivity contribution in [2.24, 2.45) is 10.1 Å². The molecule has 0 saturated heterocycles. The molecule has 0 N–H and O–H groups in total. The number of hydrogen-bond acceptors (Lipinski definition) is 4. The maximum atomic E-state index is 4.68. The Morgan fingerprint density at radius 3 is 3.00 bits per heavy atom. The zero-order chi connectivity index (χ0) is 5.82. The summed E-state index contributed by atoms with van der Waals surface area (Å²) in [6.07, 6.45) is 3.20. The van der Waals surface area contributed by atoms with Crippen molar-refractivity contribution < 1.29 is 4.84 Å². The summed E-state index contributed by atoms with van der Waals surface area (Å²) >= 11 is 0. The van der Waals surface area contributed by atoms with E-state index >= 15 is 0 Å². The van der Waals surface area contributed by atoms with E-state index in [1.54, 1.807) is 6.21 Å². The number of rotatable bonds is 1. The van der Waals surface area contributed by atoms with Crippen molar-refractivity contribution in [2.75, 3.05) is 13.7 Å². The van der Waals surface area contributed by atoms with Crippen LogP contribution in [0.25, 0.3) is 0 Å². The maximum Gasteiger partial charge on any atom is 0.137 e. The topological polar surface area (TPSA) is 37.2 Å². The lowest BCUT2D eigenvalue weighted by Gasteiger charge is -2.10. The molecule has 44 valence electrons. The van der Waals surface area contributed by atoms with Gasteiger partial charge in [0.2, 0.25) is 0 Å². The smallest absolute Gasteiger partial charge is 0.137 e. The van der Waals surface area contributed by atoms with Crippen LogP contribution in [-0.4, -0.2) is 31.4 Å². The van der Waals surface area contributed by atoms with Gasteiger partial charge in [-0.1, -0.05) is 0 Å². The zero-order valence-electron chi connectivity index (χ0n) is 4.61. The number of hydrogen-bond donors (Lipinski definition) is 0. The van der Waals surface area contributed by atoms with E-state index in [0.717, 1.165) is 0 Å². The molecule has 1 aliphatic heterocycles. The van der Waals surface area contributed by atoms with Gasteiger partial charge in [0.15, 0.2) is 0 Å². The molecule has 0 bridgehead atoms. The summed E-state index contributed by atoms with van der Waals surface area (Å²) in [5.41, 5.74) is 0. The summed E-state index contributed by atoms with van der Waals surface area (Å²) in [6.45, 7) is 0.653. The zero-order valence-corrected chi connectivity index (χ0v) is 4.61. The van der Waals surface area contributed by atoms with Crippen molar-refractivity contribution in [2.45, 2.75) is 0 Å². The van der Waals surface area contributed by atoms with E-state index in [1.165, 1.54) is 18.6 Å². The quantitative estimate of drug-likeness (QED) is 0.475. The number of aliphatic imine (C=N–C) groups is 1. The summed E-state index contributed by atoms with van der Waals surface area (Å²) in [5, 5.41) is 5.08. The number of hydrazone groups is 1. The lowest BCUT2D eigenvalue weighted by Crippen LogP contribution is -2.17. The van der Waals surface area contributed by atoms with Gasteiger partial charge in [-0.05, 0) is 0 Å². The lowest BCUT2D eigenvalue weighted by atomic mass is 10.7. The molecule has 0 unspecified atom stereocenters. The Kier molecular flexibility index (Phi) is 1.58. The highest BCUT2D eigenvalue weighted by Gasteiger charge is 1.93. The van der Waals surface area contributed by atoms with Crippen LogP contribution in [0.3, 0.4) is 0 Å². The molecule has 0 atom stereocenters. The van der Waals surface area contributed by atoms with Gasteiger partial charge < -0.3 is 0 Å². The Morgan fingerprint density at radius 2 is 2.62 bits per heavy atom. The fourth-order valence-corrected chi connectivity index (χ4v) is 0.405. The van der Waals surface area contributed by atoms with E-state index in [2.05, 4.69) is 14.9 Å². The van der Waals surface area contributed by atoms with Crippen molar-refractivity contribution in [3.63, 3.8) is 0 Å². The van der Waals surface area contributed by atoms with Crippen LogP contribution >= 0.6 is 0 Å². The highest BCUT2D eigenvalue weighted by molar-refractivity contribution is 5.68. The number of hydroxylamine groups is 1. The second-order valence-electron chi connectivity index (χ2n) is 1.26. The van der Waals surface area contributed by atoms with Crippen LogP contribution in [-0.2, 0) is 4.84 Å². The second-order valence-corrected chi connectivity index (χ2v) is 1.26. The fourth-order valence-electron chi connectivity index (χ4n) is 0.405. The average Bonchev–Trinajstić information content (AvgIpc) is 1.90.